The van der Waals surface area contributed by atoms with Crippen LogP contribution in [0.25, 0.3) is 0 Å². The van der Waals surface area contributed by atoms with Crippen molar-refractivity contribution >= 4 is 30.7 Å². The van der Waals surface area contributed by atoms with E-state index in [9.17, 15) is 0 Å². The van der Waals surface area contributed by atoms with E-state index >= 15 is 0 Å². The standard InChI is InChI=1S/C15H27OPS2/c1-3-5-7-11-15(16-17-18,12-8-6-4-2)14-10-9-13-19-14/h9-10,13H,3-8,11-12,17H2,1-2H3. The van der Waals surface area contributed by atoms with Gasteiger partial charge in [0.2, 0.25) is 0 Å². The Morgan fingerprint density at radius 2 is 1.79 bits per heavy atom. The normalized spacial score (nSPS) is 12.5. The Hall–Kier alpha value is 0.310. The lowest BCUT2D eigenvalue weighted by Gasteiger charge is -2.32. The molecule has 1 atom stereocenters. The fourth-order valence-electron chi connectivity index (χ4n) is 2.50. The highest BCUT2D eigenvalue weighted by Gasteiger charge is 2.32. The van der Waals surface area contributed by atoms with Crippen LogP contribution in [0.5, 0.6) is 0 Å². The summed E-state index contributed by atoms with van der Waals surface area (Å²) in [7, 11) is -0.315. The zero-order valence-corrected chi connectivity index (χ0v) is 15.0. The molecular formula is C15H27OPS2. The highest BCUT2D eigenvalue weighted by molar-refractivity contribution is 7.94. The number of rotatable bonds is 11. The summed E-state index contributed by atoms with van der Waals surface area (Å²) < 4.78 is 6.18. The fourth-order valence-corrected chi connectivity index (χ4v) is 4.61. The van der Waals surface area contributed by atoms with Crippen LogP contribution in [0.15, 0.2) is 17.5 Å². The van der Waals surface area contributed by atoms with Crippen LogP contribution in [0.1, 0.15) is 70.1 Å². The Kier molecular flexibility index (Phi) is 9.23. The number of thiophene rings is 1. The van der Waals surface area contributed by atoms with Crippen molar-refractivity contribution in [3.8, 4) is 0 Å². The molecule has 4 heteroatoms. The van der Waals surface area contributed by atoms with Crippen LogP contribution in [0.2, 0.25) is 0 Å². The van der Waals surface area contributed by atoms with Crippen LogP contribution < -0.4 is 0 Å². The third-order valence-electron chi connectivity index (χ3n) is 3.61. The topological polar surface area (TPSA) is 9.23 Å². The van der Waals surface area contributed by atoms with E-state index in [0.717, 1.165) is 12.8 Å². The Balaban J connectivity index is 2.79. The Morgan fingerprint density at radius 1 is 1.16 bits per heavy atom. The molecule has 0 aliphatic heterocycles. The van der Waals surface area contributed by atoms with Gasteiger partial charge in [0.05, 0.1) is 0 Å². The summed E-state index contributed by atoms with van der Waals surface area (Å²) in [6.07, 6.45) is 9.86. The molecule has 0 bridgehead atoms. The fraction of sp³-hybridized carbons (Fsp3) is 0.733. The third-order valence-corrected chi connectivity index (χ3v) is 5.50. The minimum atomic E-state index is -0.315. The van der Waals surface area contributed by atoms with E-state index in [1.165, 1.54) is 43.4 Å². The smallest absolute Gasteiger partial charge is 0.107 e. The molecule has 0 saturated heterocycles. The second-order valence-electron chi connectivity index (χ2n) is 5.10. The largest absolute Gasteiger partial charge is 0.345 e. The minimum Gasteiger partial charge on any atom is -0.345 e. The van der Waals surface area contributed by atoms with Gasteiger partial charge in [-0.15, -0.1) is 11.3 Å². The average Bonchev–Trinajstić information content (AvgIpc) is 2.93. The first-order chi connectivity index (χ1) is 9.29. The zero-order chi connectivity index (χ0) is 14.0. The van der Waals surface area contributed by atoms with Crippen LogP contribution in [0.4, 0.5) is 0 Å². The van der Waals surface area contributed by atoms with Crippen molar-refractivity contribution in [2.24, 2.45) is 0 Å². The molecule has 0 amide bonds. The van der Waals surface area contributed by atoms with Crippen LogP contribution in [-0.2, 0) is 21.9 Å². The highest BCUT2D eigenvalue weighted by atomic mass is 32.4. The molecule has 0 N–H and O–H groups in total. The first kappa shape index (κ1) is 17.4. The number of unbranched alkanes of at least 4 members (excludes halogenated alkanes) is 4. The summed E-state index contributed by atoms with van der Waals surface area (Å²) >= 11 is 7.03. The van der Waals surface area contributed by atoms with Crippen molar-refractivity contribution in [2.45, 2.75) is 70.8 Å². The maximum atomic E-state index is 6.18. The molecule has 0 spiro atoms. The summed E-state index contributed by atoms with van der Waals surface area (Å²) in [5.41, 5.74) is -0.0738. The van der Waals surface area contributed by atoms with E-state index < -0.39 is 0 Å². The molecule has 0 fully saturated rings. The summed E-state index contributed by atoms with van der Waals surface area (Å²) in [6, 6.07) is 4.36. The van der Waals surface area contributed by atoms with Crippen molar-refractivity contribution in [1.29, 1.82) is 0 Å². The molecule has 1 aromatic heterocycles. The SMILES string of the molecule is CCCCCC(CCCCC)(O[PH2]=S)c1cccs1. The first-order valence-corrected chi connectivity index (χ1v) is 10.7. The Labute approximate surface area is 128 Å². The number of hydrogen-bond donors (Lipinski definition) is 0. The second-order valence-corrected chi connectivity index (χ2v) is 7.05. The lowest BCUT2D eigenvalue weighted by Crippen LogP contribution is -2.25. The van der Waals surface area contributed by atoms with Gasteiger partial charge in [-0.2, -0.15) is 0 Å². The molecule has 0 aliphatic rings. The zero-order valence-electron chi connectivity index (χ0n) is 12.2. The molecule has 1 unspecified atom stereocenters. The maximum Gasteiger partial charge on any atom is 0.107 e. The van der Waals surface area contributed by atoms with E-state index in [1.54, 1.807) is 0 Å². The maximum absolute atomic E-state index is 6.18. The lowest BCUT2D eigenvalue weighted by atomic mass is 9.89. The van der Waals surface area contributed by atoms with Gasteiger partial charge in [0.25, 0.3) is 0 Å². The van der Waals surface area contributed by atoms with E-state index in [0.29, 0.717) is 0 Å². The van der Waals surface area contributed by atoms with Gasteiger partial charge in [0.15, 0.2) is 0 Å². The molecule has 1 aromatic rings. The molecule has 0 saturated carbocycles. The van der Waals surface area contributed by atoms with Crippen LogP contribution in [-0.4, -0.2) is 0 Å². The molecule has 0 radical (unpaired) electrons. The summed E-state index contributed by atoms with van der Waals surface area (Å²) in [6.45, 7) is 4.51. The molecule has 1 nitrogen and oxygen atoms in total. The van der Waals surface area contributed by atoms with E-state index in [-0.39, 0.29) is 13.2 Å². The molecule has 1 heterocycles. The van der Waals surface area contributed by atoms with Gasteiger partial charge in [-0.3, -0.25) is 0 Å². The molecule has 0 aromatic carbocycles. The lowest BCUT2D eigenvalue weighted by molar-refractivity contribution is 0.0670. The van der Waals surface area contributed by atoms with Gasteiger partial charge in [0.1, 0.15) is 5.60 Å². The van der Waals surface area contributed by atoms with Crippen molar-refractivity contribution in [3.05, 3.63) is 22.4 Å². The van der Waals surface area contributed by atoms with Crippen molar-refractivity contribution in [2.75, 3.05) is 0 Å². The first-order valence-electron chi connectivity index (χ1n) is 7.44. The predicted octanol–water partition coefficient (Wildman–Crippen LogP) is 5.91. The Morgan fingerprint density at radius 3 is 2.21 bits per heavy atom. The van der Waals surface area contributed by atoms with Gasteiger partial charge in [0, 0.05) is 12.5 Å². The van der Waals surface area contributed by atoms with Crippen LogP contribution >= 0.6 is 18.9 Å². The molecule has 1 rings (SSSR count). The van der Waals surface area contributed by atoms with Crippen LogP contribution in [0, 0.1) is 0 Å². The highest BCUT2D eigenvalue weighted by Crippen LogP contribution is 2.41. The van der Waals surface area contributed by atoms with Gasteiger partial charge < -0.3 is 4.52 Å². The average molecular weight is 318 g/mol. The minimum absolute atomic E-state index is 0.0738. The second kappa shape index (κ2) is 10.1. The van der Waals surface area contributed by atoms with E-state index in [1.807, 2.05) is 11.3 Å². The molecular weight excluding hydrogens is 291 g/mol. The summed E-state index contributed by atoms with van der Waals surface area (Å²) in [5.74, 6) is 0. The van der Waals surface area contributed by atoms with E-state index in [2.05, 4.69) is 31.4 Å². The molecule has 0 aliphatic carbocycles. The number of hydrogen-bond acceptors (Lipinski definition) is 3. The van der Waals surface area contributed by atoms with Gasteiger partial charge in [-0.05, 0) is 24.3 Å². The van der Waals surface area contributed by atoms with Gasteiger partial charge in [-0.25, -0.2) is 0 Å². The van der Waals surface area contributed by atoms with E-state index in [4.69, 9.17) is 16.3 Å². The monoisotopic (exact) mass is 318 g/mol. The van der Waals surface area contributed by atoms with Gasteiger partial charge >= 0.3 is 0 Å². The van der Waals surface area contributed by atoms with Crippen molar-refractivity contribution < 1.29 is 4.52 Å². The van der Waals surface area contributed by atoms with Crippen LogP contribution in [0.3, 0.4) is 0 Å². The van der Waals surface area contributed by atoms with Crippen molar-refractivity contribution in [3.63, 3.8) is 0 Å². The molecule has 110 valence electrons. The Bertz CT molecular complexity index is 328. The summed E-state index contributed by atoms with van der Waals surface area (Å²) in [4.78, 5) is 1.39. The molecule has 19 heavy (non-hydrogen) atoms. The predicted molar refractivity (Wildman–Crippen MR) is 92.4 cm³/mol. The van der Waals surface area contributed by atoms with Crippen molar-refractivity contribution in [1.82, 2.24) is 0 Å². The summed E-state index contributed by atoms with van der Waals surface area (Å²) in [5, 5.41) is 2.16. The van der Waals surface area contributed by atoms with Gasteiger partial charge in [-0.1, -0.05) is 70.2 Å². The third kappa shape index (κ3) is 5.67. The quantitative estimate of drug-likeness (QED) is 0.370.